The minimum absolute atomic E-state index is 0.0886. The number of benzene rings is 2. The molecule has 3 aromatic rings. The molecule has 1 unspecified atom stereocenters. The lowest BCUT2D eigenvalue weighted by atomic mass is 9.96. The van der Waals surface area contributed by atoms with E-state index < -0.39 is 0 Å². The van der Waals surface area contributed by atoms with Crippen LogP contribution in [0.25, 0.3) is 0 Å². The molecule has 162 valence electrons. The fourth-order valence-corrected chi connectivity index (χ4v) is 4.22. The predicted molar refractivity (Wildman–Crippen MR) is 121 cm³/mol. The van der Waals surface area contributed by atoms with Gasteiger partial charge in [-0.2, -0.15) is 0 Å². The van der Waals surface area contributed by atoms with Gasteiger partial charge in [-0.05, 0) is 17.5 Å². The lowest BCUT2D eigenvalue weighted by molar-refractivity contribution is 0.0591. The van der Waals surface area contributed by atoms with E-state index in [9.17, 15) is 4.79 Å². The molecule has 1 fully saturated rings. The maximum atomic E-state index is 13.0. The van der Waals surface area contributed by atoms with E-state index in [1.165, 1.54) is 17.4 Å². The minimum atomic E-state index is -0.263. The first-order valence-corrected chi connectivity index (χ1v) is 11.0. The summed E-state index contributed by atoms with van der Waals surface area (Å²) in [6, 6.07) is 21.0. The summed E-state index contributed by atoms with van der Waals surface area (Å²) >= 11 is 0. The van der Waals surface area contributed by atoms with Crippen molar-refractivity contribution in [1.29, 1.82) is 0 Å². The van der Waals surface area contributed by atoms with E-state index in [2.05, 4.69) is 65.3 Å². The average Bonchev–Trinajstić information content (AvgIpc) is 3.31. The third-order valence-corrected chi connectivity index (χ3v) is 5.86. The summed E-state index contributed by atoms with van der Waals surface area (Å²) in [5.74, 6) is 0.353. The molecule has 0 bridgehead atoms. The van der Waals surface area contributed by atoms with Crippen LogP contribution in [0.3, 0.4) is 0 Å². The van der Waals surface area contributed by atoms with Crippen LogP contribution in [-0.2, 0) is 0 Å². The first-order chi connectivity index (χ1) is 15.2. The number of nitrogens with two attached hydrogens (primary N) is 1. The number of carbonyl (C=O) groups is 1. The number of oxazole rings is 1. The maximum Gasteiger partial charge on any atom is 0.275 e. The molecule has 0 saturated carbocycles. The third-order valence-electron chi connectivity index (χ3n) is 5.86. The normalized spacial score (nSPS) is 15.9. The fourth-order valence-electron chi connectivity index (χ4n) is 4.22. The number of carbonyl (C=O) groups excluding carboxylic acids is 1. The van der Waals surface area contributed by atoms with Crippen molar-refractivity contribution in [3.05, 3.63) is 89.6 Å². The molecule has 2 heterocycles. The van der Waals surface area contributed by atoms with Gasteiger partial charge in [-0.1, -0.05) is 74.0 Å². The smallest absolute Gasteiger partial charge is 0.275 e. The van der Waals surface area contributed by atoms with Gasteiger partial charge in [0.1, 0.15) is 6.26 Å². The predicted octanol–water partition coefficient (Wildman–Crippen LogP) is 4.02. The molecule has 2 N–H and O–H groups in total. The summed E-state index contributed by atoms with van der Waals surface area (Å²) in [6.45, 7) is 4.95. The van der Waals surface area contributed by atoms with Crippen molar-refractivity contribution in [1.82, 2.24) is 14.8 Å². The molecule has 1 aliphatic heterocycles. The third kappa shape index (κ3) is 4.86. The van der Waals surface area contributed by atoms with Gasteiger partial charge in [0.2, 0.25) is 5.89 Å². The van der Waals surface area contributed by atoms with Gasteiger partial charge in [-0.15, -0.1) is 0 Å². The number of aromatic nitrogens is 1. The molecule has 4 rings (SSSR count). The highest BCUT2D eigenvalue weighted by atomic mass is 16.3. The number of hydrogen-bond acceptors (Lipinski definition) is 5. The highest BCUT2D eigenvalue weighted by molar-refractivity contribution is 5.92. The van der Waals surface area contributed by atoms with E-state index in [4.69, 9.17) is 10.2 Å². The Balaban J connectivity index is 1.45. The Hall–Kier alpha value is -2.96. The number of rotatable bonds is 7. The van der Waals surface area contributed by atoms with E-state index in [-0.39, 0.29) is 18.0 Å². The van der Waals surface area contributed by atoms with Gasteiger partial charge >= 0.3 is 0 Å². The topological polar surface area (TPSA) is 75.6 Å². The highest BCUT2D eigenvalue weighted by Crippen LogP contribution is 2.29. The molecule has 6 nitrogen and oxygen atoms in total. The second kappa shape index (κ2) is 9.90. The lowest BCUT2D eigenvalue weighted by Gasteiger charge is -2.39. The molecular weight excluding hydrogens is 388 g/mol. The Morgan fingerprint density at radius 1 is 1.00 bits per heavy atom. The molecule has 0 spiro atoms. The Labute approximate surface area is 183 Å². The number of piperazine rings is 1. The van der Waals surface area contributed by atoms with Crippen LogP contribution in [0.15, 0.2) is 71.3 Å². The molecule has 0 radical (unpaired) electrons. The summed E-state index contributed by atoms with van der Waals surface area (Å²) in [5.41, 5.74) is 8.94. The second-order valence-corrected chi connectivity index (χ2v) is 8.02. The van der Waals surface area contributed by atoms with Gasteiger partial charge in [0.15, 0.2) is 5.69 Å². The minimum Gasteiger partial charge on any atom is -0.446 e. The molecule has 1 saturated heterocycles. The van der Waals surface area contributed by atoms with Crippen LogP contribution in [0.4, 0.5) is 0 Å². The summed E-state index contributed by atoms with van der Waals surface area (Å²) in [4.78, 5) is 21.6. The number of amides is 1. The molecule has 6 heteroatoms. The van der Waals surface area contributed by atoms with Gasteiger partial charge in [0, 0.05) is 26.2 Å². The van der Waals surface area contributed by atoms with Crippen LogP contribution in [0.2, 0.25) is 0 Å². The van der Waals surface area contributed by atoms with Crippen LogP contribution < -0.4 is 5.73 Å². The largest absolute Gasteiger partial charge is 0.446 e. The molecule has 1 aromatic heterocycles. The zero-order chi connectivity index (χ0) is 21.6. The van der Waals surface area contributed by atoms with Crippen molar-refractivity contribution >= 4 is 5.91 Å². The van der Waals surface area contributed by atoms with Crippen LogP contribution in [0, 0.1) is 0 Å². The van der Waals surface area contributed by atoms with Gasteiger partial charge < -0.3 is 15.1 Å². The first-order valence-electron chi connectivity index (χ1n) is 11.0. The molecule has 2 aromatic carbocycles. The van der Waals surface area contributed by atoms with Crippen LogP contribution in [-0.4, -0.2) is 46.9 Å². The van der Waals surface area contributed by atoms with E-state index in [0.29, 0.717) is 24.7 Å². The lowest BCUT2D eigenvalue weighted by Crippen LogP contribution is -2.50. The fraction of sp³-hybridized carbons (Fsp3) is 0.360. The standard InChI is InChI=1S/C25H30N4O2/c1-2-9-21(26)24-27-22(18-31-24)25(30)29-16-14-28(15-17-29)23(19-10-5-3-6-11-19)20-12-7-4-8-13-20/h3-8,10-13,18,21,23H,2,9,14-17,26H2,1H3. The Bertz CT molecular complexity index is 926. The Morgan fingerprint density at radius 3 is 2.13 bits per heavy atom. The van der Waals surface area contributed by atoms with E-state index in [0.717, 1.165) is 25.9 Å². The Kier molecular flexibility index (Phi) is 6.79. The van der Waals surface area contributed by atoms with Crippen LogP contribution in [0.1, 0.15) is 59.4 Å². The van der Waals surface area contributed by atoms with Gasteiger partial charge in [0.25, 0.3) is 5.91 Å². The van der Waals surface area contributed by atoms with E-state index in [1.54, 1.807) is 0 Å². The summed E-state index contributed by atoms with van der Waals surface area (Å²) in [7, 11) is 0. The summed E-state index contributed by atoms with van der Waals surface area (Å²) in [6.07, 6.45) is 3.17. The zero-order valence-electron chi connectivity index (χ0n) is 18.0. The Morgan fingerprint density at radius 2 is 1.58 bits per heavy atom. The summed E-state index contributed by atoms with van der Waals surface area (Å²) in [5, 5.41) is 0. The van der Waals surface area contributed by atoms with E-state index in [1.807, 2.05) is 17.0 Å². The quantitative estimate of drug-likeness (QED) is 0.627. The van der Waals surface area contributed by atoms with Gasteiger partial charge in [0.05, 0.1) is 12.1 Å². The van der Waals surface area contributed by atoms with E-state index >= 15 is 0 Å². The number of nitrogens with zero attached hydrogens (tertiary/aromatic N) is 3. The van der Waals surface area contributed by atoms with Crippen LogP contribution >= 0.6 is 0 Å². The van der Waals surface area contributed by atoms with Crippen molar-refractivity contribution in [2.45, 2.75) is 31.8 Å². The van der Waals surface area contributed by atoms with Crippen LogP contribution in [0.5, 0.6) is 0 Å². The van der Waals surface area contributed by atoms with Gasteiger partial charge in [-0.3, -0.25) is 9.69 Å². The molecular formula is C25H30N4O2. The highest BCUT2D eigenvalue weighted by Gasteiger charge is 2.29. The zero-order valence-corrected chi connectivity index (χ0v) is 18.0. The number of hydrogen-bond donors (Lipinski definition) is 1. The van der Waals surface area contributed by atoms with Crippen molar-refractivity contribution in [3.63, 3.8) is 0 Å². The monoisotopic (exact) mass is 418 g/mol. The molecule has 1 aliphatic rings. The molecule has 31 heavy (non-hydrogen) atoms. The average molecular weight is 419 g/mol. The first kappa shape index (κ1) is 21.3. The molecule has 1 amide bonds. The van der Waals surface area contributed by atoms with Crippen molar-refractivity contribution in [2.24, 2.45) is 5.73 Å². The molecule has 0 aliphatic carbocycles. The van der Waals surface area contributed by atoms with Crippen molar-refractivity contribution in [3.8, 4) is 0 Å². The van der Waals surface area contributed by atoms with Crippen molar-refractivity contribution < 1.29 is 9.21 Å². The molecule has 1 atom stereocenters. The van der Waals surface area contributed by atoms with Crippen molar-refractivity contribution in [2.75, 3.05) is 26.2 Å². The summed E-state index contributed by atoms with van der Waals surface area (Å²) < 4.78 is 5.47. The second-order valence-electron chi connectivity index (χ2n) is 8.02. The van der Waals surface area contributed by atoms with Gasteiger partial charge in [-0.25, -0.2) is 4.98 Å². The SMILES string of the molecule is CCCC(N)c1nc(C(=O)N2CCN(C(c3ccccc3)c3ccccc3)CC2)co1. The maximum absolute atomic E-state index is 13.0.